The van der Waals surface area contributed by atoms with Gasteiger partial charge in [0.15, 0.2) is 0 Å². The molecule has 0 saturated carbocycles. The van der Waals surface area contributed by atoms with Gasteiger partial charge in [-0.1, -0.05) is 178 Å². The first-order valence-corrected chi connectivity index (χ1v) is 19.9. The standard InChI is InChI=1S/C55H40N2/c1-55(2)48-25-11-12-26-50(48)57(51-28-14-24-46(53(51)55)43-30-29-37-15-3-5-19-41(37)35-43)54-47-23-10-8-18-40(47)32-34-52(54)56(44-33-31-38-16-4-6-20-42(38)36-44)49-27-13-21-39-17-7-9-22-45(39)49/h3-36H,1-2H3. The predicted molar refractivity (Wildman–Crippen MR) is 243 cm³/mol. The van der Waals surface area contributed by atoms with Crippen molar-refractivity contribution in [2.75, 3.05) is 9.80 Å². The zero-order chi connectivity index (χ0) is 38.1. The number of fused-ring (bicyclic) bond motifs is 6. The maximum absolute atomic E-state index is 2.57. The van der Waals surface area contributed by atoms with Crippen molar-refractivity contribution in [3.8, 4) is 11.1 Å². The van der Waals surface area contributed by atoms with Crippen LogP contribution in [0.3, 0.4) is 0 Å². The van der Waals surface area contributed by atoms with Crippen LogP contribution in [0.1, 0.15) is 25.0 Å². The number of rotatable bonds is 5. The Bertz CT molecular complexity index is 3190. The number of anilines is 6. The minimum absolute atomic E-state index is 0.289. The fourth-order valence-corrected chi connectivity index (χ4v) is 9.47. The molecule has 0 amide bonds. The van der Waals surface area contributed by atoms with Crippen molar-refractivity contribution in [1.29, 1.82) is 0 Å². The summed E-state index contributed by atoms with van der Waals surface area (Å²) in [6, 6.07) is 76.0. The fourth-order valence-electron chi connectivity index (χ4n) is 9.47. The van der Waals surface area contributed by atoms with Gasteiger partial charge in [0.1, 0.15) is 0 Å². The molecule has 2 nitrogen and oxygen atoms in total. The van der Waals surface area contributed by atoms with Crippen LogP contribution in [-0.2, 0) is 5.41 Å². The second-order valence-electron chi connectivity index (χ2n) is 15.8. The Hall–Kier alpha value is -7.16. The van der Waals surface area contributed by atoms with E-state index in [0.717, 1.165) is 22.7 Å². The van der Waals surface area contributed by atoms with Gasteiger partial charge in [-0.25, -0.2) is 0 Å². The first kappa shape index (κ1) is 33.2. The van der Waals surface area contributed by atoms with Crippen molar-refractivity contribution >= 4 is 77.2 Å². The Morgan fingerprint density at radius 3 is 1.75 bits per heavy atom. The van der Waals surface area contributed by atoms with E-state index in [1.54, 1.807) is 0 Å². The highest BCUT2D eigenvalue weighted by Gasteiger charge is 2.40. The van der Waals surface area contributed by atoms with Gasteiger partial charge >= 0.3 is 0 Å². The lowest BCUT2D eigenvalue weighted by atomic mass is 9.70. The first-order chi connectivity index (χ1) is 28.0. The summed E-state index contributed by atoms with van der Waals surface area (Å²) in [6.45, 7) is 4.79. The Balaban J connectivity index is 1.25. The molecular formula is C55H40N2. The Morgan fingerprint density at radius 1 is 0.404 bits per heavy atom. The third-order valence-corrected chi connectivity index (χ3v) is 12.1. The molecule has 0 atom stereocenters. The number of hydrogen-bond acceptors (Lipinski definition) is 2. The van der Waals surface area contributed by atoms with Crippen molar-refractivity contribution in [3.63, 3.8) is 0 Å². The van der Waals surface area contributed by atoms with E-state index < -0.39 is 0 Å². The topological polar surface area (TPSA) is 6.48 Å². The van der Waals surface area contributed by atoms with Crippen LogP contribution in [-0.4, -0.2) is 0 Å². The van der Waals surface area contributed by atoms with E-state index in [1.807, 2.05) is 0 Å². The summed E-state index contributed by atoms with van der Waals surface area (Å²) in [5.74, 6) is 0. The van der Waals surface area contributed by atoms with E-state index in [9.17, 15) is 0 Å². The quantitative estimate of drug-likeness (QED) is 0.174. The molecule has 10 aromatic rings. The van der Waals surface area contributed by atoms with Gasteiger partial charge in [0.05, 0.1) is 28.4 Å². The Morgan fingerprint density at radius 2 is 0.965 bits per heavy atom. The number of nitrogens with zero attached hydrogens (tertiary/aromatic N) is 2. The molecule has 2 heteroatoms. The lowest BCUT2D eigenvalue weighted by Gasteiger charge is -2.44. The van der Waals surface area contributed by atoms with E-state index in [2.05, 4.69) is 230 Å². The fraction of sp³-hybridized carbons (Fsp3) is 0.0545. The zero-order valence-electron chi connectivity index (χ0n) is 32.0. The maximum atomic E-state index is 2.57. The molecular weight excluding hydrogens is 689 g/mol. The second kappa shape index (κ2) is 13.0. The maximum Gasteiger partial charge on any atom is 0.0781 e. The van der Waals surface area contributed by atoms with Gasteiger partial charge in [-0.2, -0.15) is 0 Å². The largest absolute Gasteiger partial charge is 0.308 e. The van der Waals surface area contributed by atoms with Crippen LogP contribution >= 0.6 is 0 Å². The summed E-state index contributed by atoms with van der Waals surface area (Å²) >= 11 is 0. The molecule has 1 heterocycles. The molecule has 10 aromatic carbocycles. The van der Waals surface area contributed by atoms with Crippen molar-refractivity contribution in [3.05, 3.63) is 217 Å². The van der Waals surface area contributed by atoms with Gasteiger partial charge in [-0.3, -0.25) is 0 Å². The third kappa shape index (κ3) is 5.25. The average molecular weight is 729 g/mol. The summed E-state index contributed by atoms with van der Waals surface area (Å²) in [5.41, 5.74) is 11.7. The van der Waals surface area contributed by atoms with E-state index in [-0.39, 0.29) is 5.41 Å². The summed E-state index contributed by atoms with van der Waals surface area (Å²) < 4.78 is 0. The highest BCUT2D eigenvalue weighted by Crippen LogP contribution is 2.58. The van der Waals surface area contributed by atoms with Gasteiger partial charge in [-0.15, -0.1) is 0 Å². The molecule has 57 heavy (non-hydrogen) atoms. The molecule has 0 fully saturated rings. The molecule has 1 aliphatic rings. The summed E-state index contributed by atoms with van der Waals surface area (Å²) in [7, 11) is 0. The molecule has 0 spiro atoms. The Labute approximate surface area is 333 Å². The second-order valence-corrected chi connectivity index (χ2v) is 15.8. The van der Waals surface area contributed by atoms with Crippen LogP contribution in [0.5, 0.6) is 0 Å². The predicted octanol–water partition coefficient (Wildman–Crippen LogP) is 15.5. The van der Waals surface area contributed by atoms with Crippen molar-refractivity contribution in [2.45, 2.75) is 19.3 Å². The minimum Gasteiger partial charge on any atom is -0.308 e. The highest BCUT2D eigenvalue weighted by molar-refractivity contribution is 6.11. The smallest absolute Gasteiger partial charge is 0.0781 e. The molecule has 0 saturated heterocycles. The molecule has 0 aliphatic carbocycles. The molecule has 0 unspecified atom stereocenters. The number of benzene rings is 10. The van der Waals surface area contributed by atoms with Crippen LogP contribution in [0, 0.1) is 0 Å². The zero-order valence-corrected chi connectivity index (χ0v) is 32.0. The summed E-state index contributed by atoms with van der Waals surface area (Å²) in [4.78, 5) is 5.06. The van der Waals surface area contributed by atoms with Crippen LogP contribution in [0.25, 0.3) is 54.2 Å². The molecule has 0 bridgehead atoms. The van der Waals surface area contributed by atoms with E-state index in [4.69, 9.17) is 0 Å². The van der Waals surface area contributed by atoms with Crippen LogP contribution < -0.4 is 9.80 Å². The minimum atomic E-state index is -0.289. The average Bonchev–Trinajstić information content (AvgIpc) is 3.26. The van der Waals surface area contributed by atoms with Gasteiger partial charge in [-0.05, 0) is 97.0 Å². The molecule has 270 valence electrons. The van der Waals surface area contributed by atoms with Gasteiger partial charge in [0.25, 0.3) is 0 Å². The van der Waals surface area contributed by atoms with Gasteiger partial charge in [0.2, 0.25) is 0 Å². The lowest BCUT2D eigenvalue weighted by molar-refractivity contribution is 0.634. The van der Waals surface area contributed by atoms with Gasteiger partial charge < -0.3 is 9.80 Å². The summed E-state index contributed by atoms with van der Waals surface area (Å²) in [6.07, 6.45) is 0. The van der Waals surface area contributed by atoms with E-state index in [1.165, 1.54) is 76.7 Å². The number of para-hydroxylation sites is 1. The summed E-state index contributed by atoms with van der Waals surface area (Å²) in [5, 5.41) is 9.72. The van der Waals surface area contributed by atoms with Crippen LogP contribution in [0.15, 0.2) is 206 Å². The van der Waals surface area contributed by atoms with Crippen LogP contribution in [0.2, 0.25) is 0 Å². The monoisotopic (exact) mass is 728 g/mol. The van der Waals surface area contributed by atoms with E-state index in [0.29, 0.717) is 0 Å². The third-order valence-electron chi connectivity index (χ3n) is 12.1. The van der Waals surface area contributed by atoms with Crippen molar-refractivity contribution in [2.24, 2.45) is 0 Å². The molecule has 1 aliphatic heterocycles. The van der Waals surface area contributed by atoms with E-state index >= 15 is 0 Å². The lowest BCUT2D eigenvalue weighted by Crippen LogP contribution is -2.32. The van der Waals surface area contributed by atoms with Gasteiger partial charge in [0, 0.05) is 21.9 Å². The van der Waals surface area contributed by atoms with Crippen LogP contribution in [0.4, 0.5) is 34.1 Å². The molecule has 0 radical (unpaired) electrons. The molecule has 11 rings (SSSR count). The molecule has 0 N–H and O–H groups in total. The highest BCUT2D eigenvalue weighted by atomic mass is 15.2. The normalized spacial score (nSPS) is 13.2. The van der Waals surface area contributed by atoms with Crippen molar-refractivity contribution in [1.82, 2.24) is 0 Å². The van der Waals surface area contributed by atoms with Crippen molar-refractivity contribution < 1.29 is 0 Å². The SMILES string of the molecule is CC1(C)c2ccccc2N(c2c(N(c3ccc4ccccc4c3)c3cccc4ccccc34)ccc3ccccc23)c2cccc(-c3ccc4ccccc4c3)c21. The first-order valence-electron chi connectivity index (χ1n) is 19.9. The Kier molecular flexibility index (Phi) is 7.55. The molecule has 0 aromatic heterocycles. The number of hydrogen-bond donors (Lipinski definition) is 0.